The van der Waals surface area contributed by atoms with Gasteiger partial charge in [0, 0.05) is 5.56 Å². The van der Waals surface area contributed by atoms with E-state index in [1.807, 2.05) is 60.7 Å². The van der Waals surface area contributed by atoms with E-state index in [0.717, 1.165) is 94.5 Å². The quantitative estimate of drug-likeness (QED) is 0.179. The Hall–Kier alpha value is -6.20. The zero-order chi connectivity index (χ0) is 33.1. The zero-order valence-electron chi connectivity index (χ0n) is 26.0. The normalized spacial score (nSPS) is 12.0. The molecule has 2 nitrogen and oxygen atoms in total. The van der Waals surface area contributed by atoms with Crippen LogP contribution in [0.25, 0.3) is 88.3 Å². The first-order chi connectivity index (χ1) is 23.9. The summed E-state index contributed by atoms with van der Waals surface area (Å²) in [7, 11) is 0. The smallest absolute Gasteiger partial charge is 0.416 e. The van der Waals surface area contributed by atoms with Gasteiger partial charge in [-0.3, -0.25) is 0 Å². The van der Waals surface area contributed by atoms with Gasteiger partial charge in [-0.1, -0.05) is 109 Å². The van der Waals surface area contributed by atoms with E-state index in [1.54, 1.807) is 12.1 Å². The van der Waals surface area contributed by atoms with Crippen molar-refractivity contribution < 1.29 is 17.6 Å². The van der Waals surface area contributed by atoms with Crippen molar-refractivity contribution in [2.24, 2.45) is 0 Å². The lowest BCUT2D eigenvalue weighted by molar-refractivity contribution is -0.137. The average Bonchev–Trinajstić information content (AvgIpc) is 3.58. The number of benzene rings is 8. The summed E-state index contributed by atoms with van der Waals surface area (Å²) in [6.07, 6.45) is -4.39. The summed E-state index contributed by atoms with van der Waals surface area (Å²) in [4.78, 5) is 4.62. The maximum atomic E-state index is 13.4. The Morgan fingerprint density at radius 2 is 0.898 bits per heavy atom. The third-order valence-corrected chi connectivity index (χ3v) is 9.32. The Kier molecular flexibility index (Phi) is 6.63. The number of para-hydroxylation sites is 2. The van der Waals surface area contributed by atoms with Crippen molar-refractivity contribution in [3.05, 3.63) is 163 Å². The van der Waals surface area contributed by atoms with Crippen molar-refractivity contribution >= 4 is 43.4 Å². The largest absolute Gasteiger partial charge is 0.436 e. The minimum Gasteiger partial charge on any atom is -0.436 e. The second kappa shape index (κ2) is 11.2. The molecule has 9 rings (SSSR count). The van der Waals surface area contributed by atoms with Gasteiger partial charge in [-0.25, -0.2) is 4.98 Å². The van der Waals surface area contributed by atoms with E-state index in [9.17, 15) is 13.2 Å². The van der Waals surface area contributed by atoms with E-state index in [1.165, 1.54) is 0 Å². The van der Waals surface area contributed by atoms with Gasteiger partial charge in [0.1, 0.15) is 5.52 Å². The van der Waals surface area contributed by atoms with Gasteiger partial charge in [0.15, 0.2) is 5.58 Å². The second-order valence-electron chi connectivity index (χ2n) is 12.3. The molecule has 0 radical (unpaired) electrons. The van der Waals surface area contributed by atoms with E-state index in [2.05, 4.69) is 77.8 Å². The van der Waals surface area contributed by atoms with Crippen LogP contribution in [0.15, 0.2) is 162 Å². The second-order valence-corrected chi connectivity index (χ2v) is 12.3. The van der Waals surface area contributed by atoms with Crippen molar-refractivity contribution in [1.82, 2.24) is 4.98 Å². The van der Waals surface area contributed by atoms with Crippen molar-refractivity contribution in [3.63, 3.8) is 0 Å². The van der Waals surface area contributed by atoms with Gasteiger partial charge in [0.2, 0.25) is 5.89 Å². The number of halogens is 3. The van der Waals surface area contributed by atoms with Gasteiger partial charge in [0.25, 0.3) is 0 Å². The summed E-state index contributed by atoms with van der Waals surface area (Å²) in [6.45, 7) is 0. The fourth-order valence-corrected chi connectivity index (χ4v) is 6.96. The molecule has 5 heteroatoms. The first-order valence-corrected chi connectivity index (χ1v) is 16.0. The molecular formula is C44H26F3NO. The highest BCUT2D eigenvalue weighted by Crippen LogP contribution is 2.44. The highest BCUT2D eigenvalue weighted by molar-refractivity contribution is 6.21. The third kappa shape index (κ3) is 5.02. The van der Waals surface area contributed by atoms with Gasteiger partial charge >= 0.3 is 6.18 Å². The van der Waals surface area contributed by atoms with E-state index in [4.69, 9.17) is 4.42 Å². The number of hydrogen-bond donors (Lipinski definition) is 0. The van der Waals surface area contributed by atoms with Crippen LogP contribution in [0, 0.1) is 0 Å². The predicted octanol–water partition coefficient (Wildman–Crippen LogP) is 13.0. The van der Waals surface area contributed by atoms with Crippen molar-refractivity contribution in [1.29, 1.82) is 0 Å². The van der Waals surface area contributed by atoms with E-state index in [-0.39, 0.29) is 0 Å². The van der Waals surface area contributed by atoms with Crippen molar-refractivity contribution in [2.45, 2.75) is 6.18 Å². The van der Waals surface area contributed by atoms with Crippen molar-refractivity contribution in [3.8, 4) is 44.8 Å². The Labute approximate surface area is 279 Å². The molecule has 0 saturated heterocycles. The predicted molar refractivity (Wildman–Crippen MR) is 193 cm³/mol. The van der Waals surface area contributed by atoms with E-state index >= 15 is 0 Å². The van der Waals surface area contributed by atoms with Crippen LogP contribution in [0.4, 0.5) is 13.2 Å². The van der Waals surface area contributed by atoms with Crippen LogP contribution < -0.4 is 0 Å². The monoisotopic (exact) mass is 641 g/mol. The van der Waals surface area contributed by atoms with Gasteiger partial charge in [0.05, 0.1) is 5.56 Å². The number of hydrogen-bond acceptors (Lipinski definition) is 2. The standard InChI is InChI=1S/C44H26F3NO/c45-44(46,47)34-23-21-28(22-24-34)41-35-7-1-3-9-37(35)42(38-10-4-2-8-36(38)41)33-20-19-31-25-30(17-18-32(31)26-33)27-13-15-29(16-14-27)43-48-39-11-5-6-12-40(39)49-43/h1-26H. The number of fused-ring (bicyclic) bond motifs is 4. The third-order valence-electron chi connectivity index (χ3n) is 9.32. The lowest BCUT2D eigenvalue weighted by atomic mass is 9.85. The molecule has 0 amide bonds. The maximum absolute atomic E-state index is 13.4. The fourth-order valence-electron chi connectivity index (χ4n) is 6.96. The van der Waals surface area contributed by atoms with Crippen LogP contribution in [-0.2, 0) is 6.18 Å². The summed E-state index contributed by atoms with van der Waals surface area (Å²) in [6, 6.07) is 50.9. The summed E-state index contributed by atoms with van der Waals surface area (Å²) >= 11 is 0. The molecule has 0 bridgehead atoms. The van der Waals surface area contributed by atoms with Gasteiger partial charge in [-0.2, -0.15) is 13.2 Å². The molecule has 0 atom stereocenters. The molecule has 0 N–H and O–H groups in total. The van der Waals surface area contributed by atoms with Crippen LogP contribution >= 0.6 is 0 Å². The molecule has 49 heavy (non-hydrogen) atoms. The average molecular weight is 642 g/mol. The number of aromatic nitrogens is 1. The minimum absolute atomic E-state index is 0.603. The van der Waals surface area contributed by atoms with Crippen LogP contribution in [-0.4, -0.2) is 4.98 Å². The molecule has 0 aliphatic rings. The molecule has 234 valence electrons. The molecule has 0 fully saturated rings. The highest BCUT2D eigenvalue weighted by Gasteiger charge is 2.30. The van der Waals surface area contributed by atoms with E-state index in [0.29, 0.717) is 5.89 Å². The Morgan fingerprint density at radius 1 is 0.429 bits per heavy atom. The van der Waals surface area contributed by atoms with Gasteiger partial charge in [-0.15, -0.1) is 0 Å². The maximum Gasteiger partial charge on any atom is 0.416 e. The first-order valence-electron chi connectivity index (χ1n) is 16.0. The molecule has 1 heterocycles. The Balaban J connectivity index is 1.12. The summed E-state index contributed by atoms with van der Waals surface area (Å²) < 4.78 is 46.1. The van der Waals surface area contributed by atoms with Gasteiger partial charge < -0.3 is 4.42 Å². The number of nitrogens with zero attached hydrogens (tertiary/aromatic N) is 1. The number of oxazole rings is 1. The highest BCUT2D eigenvalue weighted by atomic mass is 19.4. The molecule has 0 aliphatic heterocycles. The Morgan fingerprint density at radius 3 is 1.49 bits per heavy atom. The minimum atomic E-state index is -4.39. The fraction of sp³-hybridized carbons (Fsp3) is 0.0227. The molecule has 1 aromatic heterocycles. The first kappa shape index (κ1) is 29.0. The molecule has 0 spiro atoms. The SMILES string of the molecule is FC(F)(F)c1ccc(-c2c3ccccc3c(-c3ccc4cc(-c5ccc(-c6nc7ccccc7o6)cc5)ccc4c3)c3ccccc23)cc1. The molecule has 0 unspecified atom stereocenters. The summed E-state index contributed by atoms with van der Waals surface area (Å²) in [5.74, 6) is 0.603. The topological polar surface area (TPSA) is 26.0 Å². The zero-order valence-corrected chi connectivity index (χ0v) is 26.0. The van der Waals surface area contributed by atoms with Crippen LogP contribution in [0.5, 0.6) is 0 Å². The van der Waals surface area contributed by atoms with Crippen LogP contribution in [0.1, 0.15) is 5.56 Å². The van der Waals surface area contributed by atoms with Gasteiger partial charge in [-0.05, 0) is 114 Å². The lowest BCUT2D eigenvalue weighted by Gasteiger charge is -2.18. The van der Waals surface area contributed by atoms with Crippen LogP contribution in [0.2, 0.25) is 0 Å². The molecule has 9 aromatic rings. The molecule has 8 aromatic carbocycles. The lowest BCUT2D eigenvalue weighted by Crippen LogP contribution is -2.04. The summed E-state index contributed by atoms with van der Waals surface area (Å²) in [5, 5.41) is 6.32. The molecular weight excluding hydrogens is 615 g/mol. The van der Waals surface area contributed by atoms with Crippen LogP contribution in [0.3, 0.4) is 0 Å². The molecule has 0 aliphatic carbocycles. The summed E-state index contributed by atoms with van der Waals surface area (Å²) in [5.41, 5.74) is 7.95. The molecule has 0 saturated carbocycles. The number of rotatable bonds is 4. The van der Waals surface area contributed by atoms with E-state index < -0.39 is 11.7 Å². The Bertz CT molecular complexity index is 2600. The number of alkyl halides is 3. The van der Waals surface area contributed by atoms with Crippen molar-refractivity contribution in [2.75, 3.05) is 0 Å².